The van der Waals surface area contributed by atoms with Crippen LogP contribution in [-0.4, -0.2) is 14.8 Å². The van der Waals surface area contributed by atoms with E-state index in [4.69, 9.17) is 0 Å². The number of nitrogens with one attached hydrogen (secondary N) is 2. The van der Waals surface area contributed by atoms with Crippen LogP contribution in [0.15, 0.2) is 27.7 Å². The van der Waals surface area contributed by atoms with Gasteiger partial charge in [-0.1, -0.05) is 0 Å². The molecule has 2 aromatic rings. The van der Waals surface area contributed by atoms with Crippen molar-refractivity contribution in [3.63, 3.8) is 0 Å². The molecule has 2 heterocycles. The van der Waals surface area contributed by atoms with E-state index in [1.54, 1.807) is 6.20 Å². The molecule has 0 bridgehead atoms. The molecule has 1 aliphatic rings. The number of aromatic amines is 1. The van der Waals surface area contributed by atoms with E-state index in [-0.39, 0.29) is 5.56 Å². The average Bonchev–Trinajstić information content (AvgIpc) is 3.10. The van der Waals surface area contributed by atoms with Gasteiger partial charge in [0.1, 0.15) is 5.69 Å². The first-order valence-electron chi connectivity index (χ1n) is 5.85. The molecule has 18 heavy (non-hydrogen) atoms. The van der Waals surface area contributed by atoms with Gasteiger partial charge in [-0.25, -0.2) is 0 Å². The van der Waals surface area contributed by atoms with Crippen LogP contribution < -0.4 is 10.9 Å². The molecule has 0 radical (unpaired) electrons. The van der Waals surface area contributed by atoms with Crippen molar-refractivity contribution in [2.75, 3.05) is 5.32 Å². The van der Waals surface area contributed by atoms with E-state index in [1.807, 2.05) is 23.9 Å². The summed E-state index contributed by atoms with van der Waals surface area (Å²) < 4.78 is 2.82. The van der Waals surface area contributed by atoms with Crippen LogP contribution in [0.5, 0.6) is 0 Å². The zero-order chi connectivity index (χ0) is 12.7. The van der Waals surface area contributed by atoms with Gasteiger partial charge in [-0.3, -0.25) is 9.48 Å². The number of aromatic nitrogens is 3. The van der Waals surface area contributed by atoms with Crippen molar-refractivity contribution in [2.45, 2.75) is 25.8 Å². The third-order valence-corrected chi connectivity index (χ3v) is 3.90. The van der Waals surface area contributed by atoms with E-state index in [9.17, 15) is 4.79 Å². The molecule has 1 aliphatic carbocycles. The Morgan fingerprint density at radius 1 is 1.56 bits per heavy atom. The van der Waals surface area contributed by atoms with E-state index in [1.165, 1.54) is 12.8 Å². The quantitative estimate of drug-likeness (QED) is 0.916. The van der Waals surface area contributed by atoms with Crippen molar-refractivity contribution < 1.29 is 0 Å². The summed E-state index contributed by atoms with van der Waals surface area (Å²) in [4.78, 5) is 14.4. The summed E-state index contributed by atoms with van der Waals surface area (Å²) in [7, 11) is 0. The third-order valence-electron chi connectivity index (χ3n) is 3.07. The largest absolute Gasteiger partial charge is 0.334 e. The molecule has 0 unspecified atom stereocenters. The maximum atomic E-state index is 11.8. The summed E-state index contributed by atoms with van der Waals surface area (Å²) >= 11 is 3.40. The van der Waals surface area contributed by atoms with Crippen LogP contribution >= 0.6 is 15.9 Å². The van der Waals surface area contributed by atoms with Crippen LogP contribution in [-0.2, 0) is 0 Å². The minimum atomic E-state index is -0.142. The van der Waals surface area contributed by atoms with Crippen LogP contribution in [0.1, 0.15) is 24.4 Å². The van der Waals surface area contributed by atoms with Crippen molar-refractivity contribution in [2.24, 2.45) is 0 Å². The van der Waals surface area contributed by atoms with Crippen molar-refractivity contribution in [1.82, 2.24) is 14.8 Å². The molecule has 0 atom stereocenters. The van der Waals surface area contributed by atoms with Crippen molar-refractivity contribution in [3.05, 3.63) is 38.9 Å². The first-order valence-corrected chi connectivity index (χ1v) is 6.64. The average molecular weight is 309 g/mol. The van der Waals surface area contributed by atoms with Gasteiger partial charge in [0, 0.05) is 22.9 Å². The first kappa shape index (κ1) is 11.5. The monoisotopic (exact) mass is 308 g/mol. The Morgan fingerprint density at radius 2 is 2.33 bits per heavy atom. The first-order chi connectivity index (χ1) is 8.65. The molecule has 1 saturated carbocycles. The molecule has 0 amide bonds. The minimum absolute atomic E-state index is 0.142. The molecule has 2 N–H and O–H groups in total. The maximum Gasteiger partial charge on any atom is 0.272 e. The highest BCUT2D eigenvalue weighted by Gasteiger charge is 2.24. The standard InChI is InChI=1S/C12H13BrN4O/c1-7-9(13)6-14-12(18)11(7)15-10-4-5-17(16-10)8-2-3-8/h4-6,8H,2-3H2,1H3,(H,14,18)(H,15,16). The summed E-state index contributed by atoms with van der Waals surface area (Å²) in [5.41, 5.74) is 1.27. The van der Waals surface area contributed by atoms with Crippen molar-refractivity contribution >= 4 is 27.4 Å². The molecule has 3 rings (SSSR count). The van der Waals surface area contributed by atoms with Crippen LogP contribution in [0.25, 0.3) is 0 Å². The Bertz CT molecular complexity index is 642. The zero-order valence-electron chi connectivity index (χ0n) is 9.90. The van der Waals surface area contributed by atoms with Crippen LogP contribution in [0.4, 0.5) is 11.5 Å². The zero-order valence-corrected chi connectivity index (χ0v) is 11.5. The Hall–Kier alpha value is -1.56. The van der Waals surface area contributed by atoms with Crippen LogP contribution in [0.3, 0.4) is 0 Å². The molecule has 1 fully saturated rings. The van der Waals surface area contributed by atoms with Crippen LogP contribution in [0.2, 0.25) is 0 Å². The fourth-order valence-electron chi connectivity index (χ4n) is 1.82. The van der Waals surface area contributed by atoms with Gasteiger partial charge in [0.25, 0.3) is 5.56 Å². The Morgan fingerprint density at radius 3 is 3.06 bits per heavy atom. The second-order valence-corrected chi connectivity index (χ2v) is 5.36. The molecule has 6 heteroatoms. The molecule has 94 valence electrons. The number of halogens is 1. The maximum absolute atomic E-state index is 11.8. The van der Waals surface area contributed by atoms with Crippen LogP contribution in [0, 0.1) is 6.92 Å². The number of nitrogens with zero attached hydrogens (tertiary/aromatic N) is 2. The molecule has 0 aliphatic heterocycles. The lowest BCUT2D eigenvalue weighted by molar-refractivity contribution is 0.644. The molecule has 0 aromatic carbocycles. The number of rotatable bonds is 3. The number of hydrogen-bond donors (Lipinski definition) is 2. The van der Waals surface area contributed by atoms with Gasteiger partial charge in [-0.15, -0.1) is 0 Å². The topological polar surface area (TPSA) is 62.7 Å². The molecule has 2 aromatic heterocycles. The predicted octanol–water partition coefficient (Wildman–Crippen LogP) is 2.72. The number of pyridine rings is 1. The minimum Gasteiger partial charge on any atom is -0.334 e. The molecular weight excluding hydrogens is 296 g/mol. The lowest BCUT2D eigenvalue weighted by Crippen LogP contribution is -2.13. The highest BCUT2D eigenvalue weighted by Crippen LogP contribution is 2.34. The van der Waals surface area contributed by atoms with E-state index in [2.05, 4.69) is 31.3 Å². The number of H-pyrrole nitrogens is 1. The summed E-state index contributed by atoms with van der Waals surface area (Å²) in [5, 5.41) is 7.50. The second-order valence-electron chi connectivity index (χ2n) is 4.50. The van der Waals surface area contributed by atoms with Gasteiger partial charge in [-0.05, 0) is 41.3 Å². The summed E-state index contributed by atoms with van der Waals surface area (Å²) in [6, 6.07) is 2.43. The highest BCUT2D eigenvalue weighted by atomic mass is 79.9. The second kappa shape index (κ2) is 4.28. The van der Waals surface area contributed by atoms with Crippen molar-refractivity contribution in [1.29, 1.82) is 0 Å². The number of hydrogen-bond acceptors (Lipinski definition) is 3. The van der Waals surface area contributed by atoms with E-state index in [0.717, 1.165) is 10.0 Å². The fraction of sp³-hybridized carbons (Fsp3) is 0.333. The summed E-state index contributed by atoms with van der Waals surface area (Å²) in [5.74, 6) is 0.702. The van der Waals surface area contributed by atoms with Gasteiger partial charge in [-0.2, -0.15) is 5.10 Å². The lowest BCUT2D eigenvalue weighted by atomic mass is 10.2. The fourth-order valence-corrected chi connectivity index (χ4v) is 2.14. The predicted molar refractivity (Wildman–Crippen MR) is 73.3 cm³/mol. The molecule has 5 nitrogen and oxygen atoms in total. The van der Waals surface area contributed by atoms with Gasteiger partial charge in [0.05, 0.1) is 6.04 Å². The molecule has 0 spiro atoms. The normalized spacial score (nSPS) is 14.8. The molecule has 0 saturated heterocycles. The van der Waals surface area contributed by atoms with E-state index < -0.39 is 0 Å². The van der Waals surface area contributed by atoms with Gasteiger partial charge >= 0.3 is 0 Å². The van der Waals surface area contributed by atoms with Crippen molar-refractivity contribution in [3.8, 4) is 0 Å². The van der Waals surface area contributed by atoms with Gasteiger partial charge in [0.2, 0.25) is 0 Å². The van der Waals surface area contributed by atoms with E-state index in [0.29, 0.717) is 17.5 Å². The Balaban J connectivity index is 1.91. The van der Waals surface area contributed by atoms with Gasteiger partial charge < -0.3 is 10.3 Å². The summed E-state index contributed by atoms with van der Waals surface area (Å²) in [6.07, 6.45) is 5.97. The SMILES string of the molecule is Cc1c(Br)c[nH]c(=O)c1Nc1ccn(C2CC2)n1. The Kier molecular flexibility index (Phi) is 2.74. The molecular formula is C12H13BrN4O. The number of anilines is 2. The van der Waals surface area contributed by atoms with E-state index >= 15 is 0 Å². The van der Waals surface area contributed by atoms with Gasteiger partial charge in [0.15, 0.2) is 5.82 Å². The third kappa shape index (κ3) is 2.08. The highest BCUT2D eigenvalue weighted by molar-refractivity contribution is 9.10. The smallest absolute Gasteiger partial charge is 0.272 e. The Labute approximate surface area is 112 Å². The summed E-state index contributed by atoms with van der Waals surface area (Å²) in [6.45, 7) is 1.89. The lowest BCUT2D eigenvalue weighted by Gasteiger charge is -2.07.